The third kappa shape index (κ3) is 6.17. The molecule has 28 heavy (non-hydrogen) atoms. The molecule has 0 saturated carbocycles. The zero-order valence-corrected chi connectivity index (χ0v) is 19.0. The van der Waals surface area contributed by atoms with E-state index in [2.05, 4.69) is 49.6 Å². The first-order valence-electron chi connectivity index (χ1n) is 9.31. The zero-order chi connectivity index (χ0) is 19.1. The Kier molecular flexibility index (Phi) is 8.70. The summed E-state index contributed by atoms with van der Waals surface area (Å²) in [5.41, 5.74) is 0.0320. The average Bonchev–Trinajstić information content (AvgIpc) is 3.37. The van der Waals surface area contributed by atoms with Crippen LogP contribution in [0.15, 0.2) is 27.8 Å². The van der Waals surface area contributed by atoms with E-state index in [1.54, 1.807) is 13.3 Å². The number of halogens is 1. The number of H-pyrrole nitrogens is 1. The van der Waals surface area contributed by atoms with Crippen LogP contribution >= 0.6 is 24.0 Å². The van der Waals surface area contributed by atoms with Crippen molar-refractivity contribution in [3.8, 4) is 11.6 Å². The molecule has 3 N–H and O–H groups in total. The van der Waals surface area contributed by atoms with Crippen LogP contribution < -0.4 is 10.6 Å². The van der Waals surface area contributed by atoms with Crippen molar-refractivity contribution >= 4 is 29.9 Å². The number of rotatable bonds is 7. The second kappa shape index (κ2) is 10.8. The molecule has 0 aromatic carbocycles. The molecule has 2 aromatic heterocycles. The van der Waals surface area contributed by atoms with Crippen molar-refractivity contribution in [1.82, 2.24) is 30.7 Å². The summed E-state index contributed by atoms with van der Waals surface area (Å²) in [5, 5.41) is 13.9. The largest absolute Gasteiger partial charge is 0.461 e. The van der Waals surface area contributed by atoms with Crippen LogP contribution in [0, 0.1) is 0 Å². The van der Waals surface area contributed by atoms with Crippen LogP contribution in [-0.2, 0) is 11.2 Å². The van der Waals surface area contributed by atoms with Crippen molar-refractivity contribution in [2.24, 2.45) is 4.99 Å². The number of nitrogens with zero attached hydrogens (tertiary/aromatic N) is 4. The molecule has 1 aliphatic heterocycles. The van der Waals surface area contributed by atoms with Gasteiger partial charge in [-0.05, 0) is 26.0 Å². The van der Waals surface area contributed by atoms with Gasteiger partial charge < -0.3 is 19.8 Å². The standard InChI is InChI=1S/C18H29N7O2.HI/c1-18(2,25-8-11-26-12-9-25)13-21-17(19-3)20-7-6-15-22-16(24-23-15)14-5-4-10-27-14;/h4-5,10H,6-9,11-13H2,1-3H3,(H2,19,20,21)(H,22,23,24);1H. The van der Waals surface area contributed by atoms with E-state index in [9.17, 15) is 0 Å². The molecule has 3 rings (SSSR count). The van der Waals surface area contributed by atoms with E-state index in [0.29, 0.717) is 24.6 Å². The topological polar surface area (TPSA) is 104 Å². The fourth-order valence-corrected chi connectivity index (χ4v) is 3.02. The molecule has 2 aromatic rings. The maximum Gasteiger partial charge on any atom is 0.216 e. The van der Waals surface area contributed by atoms with Crippen molar-refractivity contribution in [1.29, 1.82) is 0 Å². The van der Waals surface area contributed by atoms with Gasteiger partial charge in [0.15, 0.2) is 11.7 Å². The lowest BCUT2D eigenvalue weighted by atomic mass is 10.0. The molecule has 0 spiro atoms. The lowest BCUT2D eigenvalue weighted by Crippen LogP contribution is -2.56. The molecule has 0 radical (unpaired) electrons. The van der Waals surface area contributed by atoms with Crippen molar-refractivity contribution < 1.29 is 9.15 Å². The number of ether oxygens (including phenoxy) is 1. The SMILES string of the molecule is CN=C(NCCc1nc(-c2ccco2)n[nH]1)NCC(C)(C)N1CCOCC1.I. The molecule has 0 atom stereocenters. The monoisotopic (exact) mass is 503 g/mol. The smallest absolute Gasteiger partial charge is 0.216 e. The molecule has 1 saturated heterocycles. The predicted molar refractivity (Wildman–Crippen MR) is 119 cm³/mol. The Morgan fingerprint density at radius 1 is 1.32 bits per heavy atom. The van der Waals surface area contributed by atoms with E-state index in [4.69, 9.17) is 9.15 Å². The Labute approximate surface area is 182 Å². The van der Waals surface area contributed by atoms with E-state index in [1.165, 1.54) is 0 Å². The summed E-state index contributed by atoms with van der Waals surface area (Å²) in [4.78, 5) is 11.2. The number of aromatic nitrogens is 3. The predicted octanol–water partition coefficient (Wildman–Crippen LogP) is 1.50. The summed E-state index contributed by atoms with van der Waals surface area (Å²) in [7, 11) is 1.78. The molecule has 0 bridgehead atoms. The van der Waals surface area contributed by atoms with Crippen LogP contribution in [0.2, 0.25) is 0 Å². The van der Waals surface area contributed by atoms with Crippen LogP contribution in [0.4, 0.5) is 0 Å². The van der Waals surface area contributed by atoms with Gasteiger partial charge in [-0.25, -0.2) is 4.98 Å². The minimum absolute atomic E-state index is 0. The Balaban J connectivity index is 0.00000280. The van der Waals surface area contributed by atoms with Gasteiger partial charge in [-0.3, -0.25) is 15.0 Å². The summed E-state index contributed by atoms with van der Waals surface area (Å²) in [6, 6.07) is 3.66. The molecular formula is C18H30IN7O2. The fourth-order valence-electron chi connectivity index (χ4n) is 3.02. The maximum absolute atomic E-state index is 5.44. The Hall–Kier alpha value is -1.66. The molecule has 9 nitrogen and oxygen atoms in total. The molecule has 3 heterocycles. The third-order valence-electron chi connectivity index (χ3n) is 4.71. The Bertz CT molecular complexity index is 724. The van der Waals surface area contributed by atoms with Crippen molar-refractivity contribution in [2.45, 2.75) is 25.8 Å². The summed E-state index contributed by atoms with van der Waals surface area (Å²) in [6.45, 7) is 9.50. The van der Waals surface area contributed by atoms with E-state index in [1.807, 2.05) is 12.1 Å². The third-order valence-corrected chi connectivity index (χ3v) is 4.71. The highest BCUT2D eigenvalue weighted by Gasteiger charge is 2.28. The average molecular weight is 503 g/mol. The molecule has 1 aliphatic rings. The summed E-state index contributed by atoms with van der Waals surface area (Å²) in [6.07, 6.45) is 2.32. The highest BCUT2D eigenvalue weighted by Crippen LogP contribution is 2.15. The number of hydrogen-bond acceptors (Lipinski definition) is 6. The summed E-state index contributed by atoms with van der Waals surface area (Å²) in [5.74, 6) is 2.82. The highest BCUT2D eigenvalue weighted by atomic mass is 127. The van der Waals surface area contributed by atoms with E-state index < -0.39 is 0 Å². The molecule has 0 unspecified atom stereocenters. The summed E-state index contributed by atoms with van der Waals surface area (Å²) < 4.78 is 10.7. The van der Waals surface area contributed by atoms with Crippen LogP contribution in [0.5, 0.6) is 0 Å². The number of hydrogen-bond donors (Lipinski definition) is 3. The van der Waals surface area contributed by atoms with Crippen LogP contribution in [-0.4, -0.2) is 78.0 Å². The van der Waals surface area contributed by atoms with Gasteiger partial charge in [0.05, 0.1) is 19.5 Å². The molecular weight excluding hydrogens is 473 g/mol. The minimum atomic E-state index is 0. The molecule has 156 valence electrons. The summed E-state index contributed by atoms with van der Waals surface area (Å²) >= 11 is 0. The number of nitrogens with one attached hydrogen (secondary N) is 3. The first-order valence-corrected chi connectivity index (χ1v) is 9.31. The number of aromatic amines is 1. The fraction of sp³-hybridized carbons (Fsp3) is 0.611. The zero-order valence-electron chi connectivity index (χ0n) is 16.7. The van der Waals surface area contributed by atoms with Crippen molar-refractivity contribution in [3.05, 3.63) is 24.2 Å². The second-order valence-corrected chi connectivity index (χ2v) is 7.10. The maximum atomic E-state index is 5.44. The van der Waals surface area contributed by atoms with Crippen LogP contribution in [0.25, 0.3) is 11.6 Å². The minimum Gasteiger partial charge on any atom is -0.461 e. The molecule has 10 heteroatoms. The van der Waals surface area contributed by atoms with Crippen LogP contribution in [0.1, 0.15) is 19.7 Å². The molecule has 0 amide bonds. The highest BCUT2D eigenvalue weighted by molar-refractivity contribution is 14.0. The normalized spacial score (nSPS) is 15.9. The number of morpholine rings is 1. The van der Waals surface area contributed by atoms with Crippen molar-refractivity contribution in [3.63, 3.8) is 0 Å². The number of aliphatic imine (C=N–C) groups is 1. The lowest BCUT2D eigenvalue weighted by Gasteiger charge is -2.41. The second-order valence-electron chi connectivity index (χ2n) is 7.10. The van der Waals surface area contributed by atoms with E-state index in [-0.39, 0.29) is 29.5 Å². The molecule has 1 fully saturated rings. The van der Waals surface area contributed by atoms with Gasteiger partial charge in [0.2, 0.25) is 5.82 Å². The van der Waals surface area contributed by atoms with Gasteiger partial charge in [-0.1, -0.05) is 0 Å². The number of guanidine groups is 1. The number of furan rings is 1. The Morgan fingerprint density at radius 3 is 2.79 bits per heavy atom. The van der Waals surface area contributed by atoms with Gasteiger partial charge in [0.25, 0.3) is 0 Å². The quantitative estimate of drug-likeness (QED) is 0.299. The van der Waals surface area contributed by atoms with Gasteiger partial charge >= 0.3 is 0 Å². The lowest BCUT2D eigenvalue weighted by molar-refractivity contribution is -0.00833. The van der Waals surface area contributed by atoms with Gasteiger partial charge in [-0.2, -0.15) is 5.10 Å². The first kappa shape index (κ1) is 22.6. The van der Waals surface area contributed by atoms with E-state index >= 15 is 0 Å². The molecule has 0 aliphatic carbocycles. The van der Waals surface area contributed by atoms with E-state index in [0.717, 1.165) is 44.6 Å². The van der Waals surface area contributed by atoms with Crippen molar-refractivity contribution in [2.75, 3.05) is 46.4 Å². The van der Waals surface area contributed by atoms with Gasteiger partial charge in [0.1, 0.15) is 5.82 Å². The Morgan fingerprint density at radius 2 is 2.11 bits per heavy atom. The van der Waals surface area contributed by atoms with Gasteiger partial charge in [0, 0.05) is 45.2 Å². The first-order chi connectivity index (χ1) is 13.1. The van der Waals surface area contributed by atoms with Crippen LogP contribution in [0.3, 0.4) is 0 Å². The van der Waals surface area contributed by atoms with Gasteiger partial charge in [-0.15, -0.1) is 24.0 Å².